The van der Waals surface area contributed by atoms with Crippen molar-refractivity contribution in [3.8, 4) is 17.1 Å². The molecule has 0 bridgehead atoms. The summed E-state index contributed by atoms with van der Waals surface area (Å²) in [6, 6.07) is 12.1. The lowest BCUT2D eigenvalue weighted by molar-refractivity contribution is 0.112. The summed E-state index contributed by atoms with van der Waals surface area (Å²) in [4.78, 5) is 23.9. The first kappa shape index (κ1) is 14.1. The third kappa shape index (κ3) is 2.09. The van der Waals surface area contributed by atoms with Gasteiger partial charge < -0.3 is 9.52 Å². The summed E-state index contributed by atoms with van der Waals surface area (Å²) in [5.41, 5.74) is 1.26. The summed E-state index contributed by atoms with van der Waals surface area (Å²) in [5, 5.41) is 10.1. The highest BCUT2D eigenvalue weighted by Gasteiger charge is 2.18. The van der Waals surface area contributed by atoms with Crippen molar-refractivity contribution in [3.05, 3.63) is 63.8 Å². The Balaban J connectivity index is 2.47. The van der Waals surface area contributed by atoms with E-state index >= 15 is 0 Å². The Morgan fingerprint density at radius 1 is 1.14 bits per heavy atom. The first-order valence-electron chi connectivity index (χ1n) is 6.99. The van der Waals surface area contributed by atoms with Gasteiger partial charge in [-0.2, -0.15) is 0 Å². The Morgan fingerprint density at radius 3 is 2.50 bits per heavy atom. The average molecular weight is 294 g/mol. The second-order valence-corrected chi connectivity index (χ2v) is 4.95. The maximum Gasteiger partial charge on any atom is 0.196 e. The molecule has 1 heterocycles. The van der Waals surface area contributed by atoms with Crippen LogP contribution in [0.4, 0.5) is 0 Å². The van der Waals surface area contributed by atoms with Crippen LogP contribution < -0.4 is 5.43 Å². The van der Waals surface area contributed by atoms with Crippen molar-refractivity contribution in [2.45, 2.75) is 13.3 Å². The quantitative estimate of drug-likeness (QED) is 0.750. The third-order valence-electron chi connectivity index (χ3n) is 3.68. The molecule has 0 saturated heterocycles. The molecule has 3 rings (SSSR count). The van der Waals surface area contributed by atoms with Crippen molar-refractivity contribution in [3.63, 3.8) is 0 Å². The average Bonchev–Trinajstić information content (AvgIpc) is 2.55. The van der Waals surface area contributed by atoms with E-state index in [-0.39, 0.29) is 22.3 Å². The van der Waals surface area contributed by atoms with Crippen molar-refractivity contribution in [2.75, 3.05) is 0 Å². The van der Waals surface area contributed by atoms with Crippen LogP contribution >= 0.6 is 0 Å². The maximum atomic E-state index is 12.7. The van der Waals surface area contributed by atoms with Crippen molar-refractivity contribution < 1.29 is 14.3 Å². The van der Waals surface area contributed by atoms with Crippen LogP contribution in [0.25, 0.3) is 22.3 Å². The smallest absolute Gasteiger partial charge is 0.196 e. The second-order valence-electron chi connectivity index (χ2n) is 4.95. The minimum absolute atomic E-state index is 0.00515. The second kappa shape index (κ2) is 5.48. The van der Waals surface area contributed by atoms with E-state index in [4.69, 9.17) is 4.42 Å². The van der Waals surface area contributed by atoms with Crippen molar-refractivity contribution >= 4 is 17.3 Å². The van der Waals surface area contributed by atoms with Crippen LogP contribution in [0.5, 0.6) is 5.75 Å². The zero-order valence-corrected chi connectivity index (χ0v) is 12.0. The van der Waals surface area contributed by atoms with Gasteiger partial charge in [0.15, 0.2) is 17.3 Å². The molecule has 2 aromatic carbocycles. The van der Waals surface area contributed by atoms with Crippen molar-refractivity contribution in [1.82, 2.24) is 0 Å². The van der Waals surface area contributed by atoms with Gasteiger partial charge in [-0.25, -0.2) is 0 Å². The van der Waals surface area contributed by atoms with Gasteiger partial charge in [-0.3, -0.25) is 9.59 Å². The number of phenols is 1. The molecular weight excluding hydrogens is 280 g/mol. The first-order chi connectivity index (χ1) is 10.7. The molecule has 0 fully saturated rings. The lowest BCUT2D eigenvalue weighted by Gasteiger charge is -2.10. The normalized spacial score (nSPS) is 10.8. The number of benzene rings is 2. The van der Waals surface area contributed by atoms with Crippen molar-refractivity contribution in [1.29, 1.82) is 0 Å². The van der Waals surface area contributed by atoms with Gasteiger partial charge in [0.2, 0.25) is 0 Å². The molecule has 1 N–H and O–H groups in total. The number of carbonyl (C=O) groups excluding carboxylic acids is 1. The molecule has 0 spiro atoms. The molecule has 22 heavy (non-hydrogen) atoms. The molecule has 0 radical (unpaired) electrons. The SMILES string of the molecule is CCc1c(-c2ccccc2)oc2c(C=O)c(O)ccc2c1=O. The molecule has 0 unspecified atom stereocenters. The van der Waals surface area contributed by atoms with Gasteiger partial charge in [0.05, 0.1) is 10.9 Å². The number of aromatic hydroxyl groups is 1. The summed E-state index contributed by atoms with van der Waals surface area (Å²) in [6.07, 6.45) is 1.01. The summed E-state index contributed by atoms with van der Waals surface area (Å²) < 4.78 is 5.86. The Morgan fingerprint density at radius 2 is 1.86 bits per heavy atom. The summed E-state index contributed by atoms with van der Waals surface area (Å²) >= 11 is 0. The molecule has 110 valence electrons. The Kier molecular flexibility index (Phi) is 3.51. The number of hydrogen-bond donors (Lipinski definition) is 1. The minimum Gasteiger partial charge on any atom is -0.507 e. The molecule has 4 nitrogen and oxygen atoms in total. The molecule has 0 aliphatic rings. The fraction of sp³-hybridized carbons (Fsp3) is 0.111. The van der Waals surface area contributed by atoms with Crippen LogP contribution in [0.2, 0.25) is 0 Å². The van der Waals surface area contributed by atoms with E-state index in [1.807, 2.05) is 37.3 Å². The number of rotatable bonds is 3. The molecule has 0 aliphatic carbocycles. The molecule has 4 heteroatoms. The Bertz CT molecular complexity index is 908. The fourth-order valence-electron chi connectivity index (χ4n) is 2.56. The van der Waals surface area contributed by atoms with Crippen LogP contribution in [-0.4, -0.2) is 11.4 Å². The van der Waals surface area contributed by atoms with E-state index in [1.165, 1.54) is 12.1 Å². The third-order valence-corrected chi connectivity index (χ3v) is 3.68. The zero-order chi connectivity index (χ0) is 15.7. The van der Waals surface area contributed by atoms with Crippen LogP contribution in [0.3, 0.4) is 0 Å². The van der Waals surface area contributed by atoms with Gasteiger partial charge in [0.1, 0.15) is 11.5 Å². The van der Waals surface area contributed by atoms with Crippen LogP contribution in [0, 0.1) is 0 Å². The summed E-state index contributed by atoms with van der Waals surface area (Å²) in [7, 11) is 0. The standard InChI is InChI=1S/C18H14O4/c1-2-12-16(21)13-8-9-15(20)14(10-19)18(13)22-17(12)11-6-4-3-5-7-11/h3-10,20H,2H2,1H3. The van der Waals surface area contributed by atoms with Gasteiger partial charge in [0, 0.05) is 11.1 Å². The lowest BCUT2D eigenvalue weighted by atomic mass is 10.0. The fourth-order valence-corrected chi connectivity index (χ4v) is 2.56. The van der Waals surface area contributed by atoms with E-state index in [9.17, 15) is 14.7 Å². The van der Waals surface area contributed by atoms with Crippen molar-refractivity contribution in [2.24, 2.45) is 0 Å². The monoisotopic (exact) mass is 294 g/mol. The summed E-state index contributed by atoms with van der Waals surface area (Å²) in [5.74, 6) is 0.239. The lowest BCUT2D eigenvalue weighted by Crippen LogP contribution is -2.11. The van der Waals surface area contributed by atoms with E-state index in [0.29, 0.717) is 29.4 Å². The van der Waals surface area contributed by atoms with E-state index < -0.39 is 0 Å². The maximum absolute atomic E-state index is 12.7. The van der Waals surface area contributed by atoms with Gasteiger partial charge in [-0.15, -0.1) is 0 Å². The highest BCUT2D eigenvalue weighted by Crippen LogP contribution is 2.30. The Hall–Kier alpha value is -2.88. The molecule has 3 aromatic rings. The molecule has 1 aromatic heterocycles. The summed E-state index contributed by atoms with van der Waals surface area (Å²) in [6.45, 7) is 1.88. The molecule has 0 aliphatic heterocycles. The van der Waals surface area contributed by atoms with E-state index in [0.717, 1.165) is 5.56 Å². The van der Waals surface area contributed by atoms with Gasteiger partial charge in [-0.1, -0.05) is 37.3 Å². The van der Waals surface area contributed by atoms with Gasteiger partial charge in [-0.05, 0) is 18.6 Å². The largest absolute Gasteiger partial charge is 0.507 e. The first-order valence-corrected chi connectivity index (χ1v) is 6.99. The topological polar surface area (TPSA) is 67.5 Å². The van der Waals surface area contributed by atoms with Gasteiger partial charge >= 0.3 is 0 Å². The number of hydrogen-bond acceptors (Lipinski definition) is 4. The predicted octanol–water partition coefficient (Wildman–Crippen LogP) is 3.54. The number of fused-ring (bicyclic) bond motifs is 1. The molecule has 0 atom stereocenters. The zero-order valence-electron chi connectivity index (χ0n) is 12.0. The van der Waals surface area contributed by atoms with Crippen LogP contribution in [-0.2, 0) is 6.42 Å². The molecular formula is C18H14O4. The van der Waals surface area contributed by atoms with Crippen LogP contribution in [0.15, 0.2) is 51.7 Å². The predicted molar refractivity (Wildman–Crippen MR) is 84.4 cm³/mol. The highest BCUT2D eigenvalue weighted by molar-refractivity contribution is 5.98. The highest BCUT2D eigenvalue weighted by atomic mass is 16.3. The van der Waals surface area contributed by atoms with Gasteiger partial charge in [0.25, 0.3) is 0 Å². The minimum atomic E-state index is -0.200. The van der Waals surface area contributed by atoms with E-state index in [2.05, 4.69) is 0 Å². The Labute approximate surface area is 126 Å². The number of aldehydes is 1. The van der Waals surface area contributed by atoms with Crippen LogP contribution in [0.1, 0.15) is 22.8 Å². The number of carbonyl (C=O) groups is 1. The van der Waals surface area contributed by atoms with E-state index in [1.54, 1.807) is 0 Å². The molecule has 0 saturated carbocycles. The number of phenolic OH excluding ortho intramolecular Hbond substituents is 1. The molecule has 0 amide bonds.